The van der Waals surface area contributed by atoms with E-state index in [-0.39, 0.29) is 24.5 Å². The van der Waals surface area contributed by atoms with Crippen LogP contribution < -0.4 is 16.0 Å². The van der Waals surface area contributed by atoms with Crippen LogP contribution >= 0.6 is 0 Å². The third kappa shape index (κ3) is 3.98. The first-order valence-electron chi connectivity index (χ1n) is 6.56. The molecule has 1 aromatic carbocycles. The SMILES string of the molecule is CCNC(=O)CNC(=O)NC1CC1c1ccccc1. The molecule has 0 aromatic heterocycles. The Kier molecular flexibility index (Phi) is 4.39. The molecule has 0 spiro atoms. The van der Waals surface area contributed by atoms with Crippen molar-refractivity contribution in [2.24, 2.45) is 0 Å². The van der Waals surface area contributed by atoms with Gasteiger partial charge < -0.3 is 16.0 Å². The lowest BCUT2D eigenvalue weighted by molar-refractivity contribution is -0.119. The zero-order chi connectivity index (χ0) is 13.7. The average molecular weight is 261 g/mol. The molecule has 2 unspecified atom stereocenters. The quantitative estimate of drug-likeness (QED) is 0.739. The minimum atomic E-state index is -0.283. The lowest BCUT2D eigenvalue weighted by atomic mass is 10.1. The molecule has 5 nitrogen and oxygen atoms in total. The molecule has 1 aromatic rings. The maximum Gasteiger partial charge on any atom is 0.315 e. The summed E-state index contributed by atoms with van der Waals surface area (Å²) >= 11 is 0. The maximum atomic E-state index is 11.6. The van der Waals surface area contributed by atoms with Crippen LogP contribution in [0.25, 0.3) is 0 Å². The molecule has 0 bridgehead atoms. The van der Waals surface area contributed by atoms with Crippen LogP contribution in [0.4, 0.5) is 4.79 Å². The number of carbonyl (C=O) groups excluding carboxylic acids is 2. The van der Waals surface area contributed by atoms with Gasteiger partial charge in [0.05, 0.1) is 6.54 Å². The van der Waals surface area contributed by atoms with Gasteiger partial charge in [0.15, 0.2) is 0 Å². The molecule has 1 aliphatic carbocycles. The second kappa shape index (κ2) is 6.22. The van der Waals surface area contributed by atoms with Crippen molar-refractivity contribution in [1.29, 1.82) is 0 Å². The van der Waals surface area contributed by atoms with E-state index in [1.165, 1.54) is 5.56 Å². The van der Waals surface area contributed by atoms with Crippen molar-refractivity contribution in [2.45, 2.75) is 25.3 Å². The molecule has 0 aliphatic heterocycles. The fraction of sp³-hybridized carbons (Fsp3) is 0.429. The van der Waals surface area contributed by atoms with Crippen molar-refractivity contribution < 1.29 is 9.59 Å². The minimum Gasteiger partial charge on any atom is -0.355 e. The van der Waals surface area contributed by atoms with Gasteiger partial charge in [-0.2, -0.15) is 0 Å². The largest absolute Gasteiger partial charge is 0.355 e. The van der Waals surface area contributed by atoms with Crippen LogP contribution in [0.3, 0.4) is 0 Å². The number of nitrogens with one attached hydrogen (secondary N) is 3. The summed E-state index contributed by atoms with van der Waals surface area (Å²) in [5, 5.41) is 8.04. The van der Waals surface area contributed by atoms with Gasteiger partial charge in [-0.3, -0.25) is 4.79 Å². The second-order valence-electron chi connectivity index (χ2n) is 4.64. The Morgan fingerprint density at radius 3 is 2.63 bits per heavy atom. The van der Waals surface area contributed by atoms with Crippen molar-refractivity contribution in [2.75, 3.05) is 13.1 Å². The van der Waals surface area contributed by atoms with Crippen molar-refractivity contribution in [3.05, 3.63) is 35.9 Å². The molecule has 1 saturated carbocycles. The molecule has 0 saturated heterocycles. The van der Waals surface area contributed by atoms with Crippen LogP contribution in [-0.4, -0.2) is 31.1 Å². The fourth-order valence-electron chi connectivity index (χ4n) is 2.06. The first-order chi connectivity index (χ1) is 9.20. The summed E-state index contributed by atoms with van der Waals surface area (Å²) in [5.41, 5.74) is 1.25. The summed E-state index contributed by atoms with van der Waals surface area (Å²) < 4.78 is 0. The number of hydrogen-bond acceptors (Lipinski definition) is 2. The summed E-state index contributed by atoms with van der Waals surface area (Å²) in [6, 6.07) is 10.0. The highest BCUT2D eigenvalue weighted by atomic mass is 16.2. The molecule has 102 valence electrons. The molecule has 2 atom stereocenters. The molecular weight excluding hydrogens is 242 g/mol. The molecule has 3 N–H and O–H groups in total. The molecule has 0 radical (unpaired) electrons. The van der Waals surface area contributed by atoms with Gasteiger partial charge in [0.25, 0.3) is 0 Å². The first-order valence-corrected chi connectivity index (χ1v) is 6.56. The smallest absolute Gasteiger partial charge is 0.315 e. The van der Waals surface area contributed by atoms with Crippen LogP contribution in [0.1, 0.15) is 24.8 Å². The molecule has 5 heteroatoms. The van der Waals surface area contributed by atoms with E-state index < -0.39 is 0 Å². The number of rotatable bonds is 5. The van der Waals surface area contributed by atoms with Crippen LogP contribution in [0, 0.1) is 0 Å². The summed E-state index contributed by atoms with van der Waals surface area (Å²) in [4.78, 5) is 22.8. The van der Waals surface area contributed by atoms with E-state index in [0.29, 0.717) is 12.5 Å². The van der Waals surface area contributed by atoms with E-state index in [4.69, 9.17) is 0 Å². The molecule has 19 heavy (non-hydrogen) atoms. The second-order valence-corrected chi connectivity index (χ2v) is 4.64. The van der Waals surface area contributed by atoms with Crippen LogP contribution in [0.5, 0.6) is 0 Å². The Balaban J connectivity index is 1.69. The third-order valence-electron chi connectivity index (χ3n) is 3.12. The Morgan fingerprint density at radius 2 is 1.95 bits per heavy atom. The van der Waals surface area contributed by atoms with Crippen molar-refractivity contribution in [3.63, 3.8) is 0 Å². The highest BCUT2D eigenvalue weighted by molar-refractivity contribution is 5.84. The number of benzene rings is 1. The minimum absolute atomic E-state index is 0.0163. The van der Waals surface area contributed by atoms with E-state index >= 15 is 0 Å². The Labute approximate surface area is 112 Å². The molecule has 0 heterocycles. The Morgan fingerprint density at radius 1 is 1.21 bits per heavy atom. The first kappa shape index (κ1) is 13.4. The standard InChI is InChI=1S/C14H19N3O2/c1-2-15-13(18)9-16-14(19)17-12-8-11(12)10-6-4-3-5-7-10/h3-7,11-12H,2,8-9H2,1H3,(H,15,18)(H2,16,17,19). The molecule has 1 aliphatic rings. The van der Waals surface area contributed by atoms with Crippen LogP contribution in [0.15, 0.2) is 30.3 Å². The van der Waals surface area contributed by atoms with Crippen LogP contribution in [0.2, 0.25) is 0 Å². The number of carbonyl (C=O) groups is 2. The van der Waals surface area contributed by atoms with Gasteiger partial charge in [-0.1, -0.05) is 30.3 Å². The molecule has 2 rings (SSSR count). The van der Waals surface area contributed by atoms with E-state index in [1.54, 1.807) is 0 Å². The Bertz CT molecular complexity index is 447. The van der Waals surface area contributed by atoms with Gasteiger partial charge in [0, 0.05) is 18.5 Å². The monoisotopic (exact) mass is 261 g/mol. The number of amides is 3. The summed E-state index contributed by atoms with van der Waals surface area (Å²) in [5.74, 6) is 0.226. The zero-order valence-electron chi connectivity index (χ0n) is 11.0. The van der Waals surface area contributed by atoms with Crippen molar-refractivity contribution in [3.8, 4) is 0 Å². The average Bonchev–Trinajstić information content (AvgIpc) is 3.17. The van der Waals surface area contributed by atoms with Crippen molar-refractivity contribution >= 4 is 11.9 Å². The lowest BCUT2D eigenvalue weighted by Gasteiger charge is -2.07. The van der Waals surface area contributed by atoms with E-state index in [0.717, 1.165) is 6.42 Å². The van der Waals surface area contributed by atoms with E-state index in [2.05, 4.69) is 28.1 Å². The third-order valence-corrected chi connectivity index (χ3v) is 3.12. The van der Waals surface area contributed by atoms with Gasteiger partial charge >= 0.3 is 6.03 Å². The Hall–Kier alpha value is -2.04. The topological polar surface area (TPSA) is 70.2 Å². The van der Waals surface area contributed by atoms with Gasteiger partial charge in [-0.25, -0.2) is 4.79 Å². The van der Waals surface area contributed by atoms with Gasteiger partial charge in [-0.15, -0.1) is 0 Å². The lowest BCUT2D eigenvalue weighted by Crippen LogP contribution is -2.43. The van der Waals surface area contributed by atoms with Crippen LogP contribution in [-0.2, 0) is 4.79 Å². The highest BCUT2D eigenvalue weighted by Gasteiger charge is 2.39. The summed E-state index contributed by atoms with van der Waals surface area (Å²) in [7, 11) is 0. The van der Waals surface area contributed by atoms with E-state index in [1.807, 2.05) is 25.1 Å². The predicted molar refractivity (Wildman–Crippen MR) is 72.8 cm³/mol. The van der Waals surface area contributed by atoms with Gasteiger partial charge in [0.2, 0.25) is 5.91 Å². The normalized spacial score (nSPS) is 20.5. The maximum absolute atomic E-state index is 11.6. The summed E-state index contributed by atoms with van der Waals surface area (Å²) in [6.45, 7) is 2.43. The zero-order valence-corrected chi connectivity index (χ0v) is 11.0. The summed E-state index contributed by atoms with van der Waals surface area (Å²) in [6.07, 6.45) is 0.957. The molecule has 3 amide bonds. The number of urea groups is 1. The predicted octanol–water partition coefficient (Wildman–Crippen LogP) is 0.978. The van der Waals surface area contributed by atoms with E-state index in [9.17, 15) is 9.59 Å². The number of hydrogen-bond donors (Lipinski definition) is 3. The van der Waals surface area contributed by atoms with Gasteiger partial charge in [0.1, 0.15) is 0 Å². The van der Waals surface area contributed by atoms with Crippen molar-refractivity contribution in [1.82, 2.24) is 16.0 Å². The number of likely N-dealkylation sites (N-methyl/N-ethyl adjacent to an activating group) is 1. The van der Waals surface area contributed by atoms with Gasteiger partial charge in [-0.05, 0) is 18.9 Å². The molecule has 1 fully saturated rings. The fourth-order valence-corrected chi connectivity index (χ4v) is 2.06. The molecular formula is C14H19N3O2. The highest BCUT2D eigenvalue weighted by Crippen LogP contribution is 2.40.